The van der Waals surface area contributed by atoms with Crippen LogP contribution >= 0.6 is 0 Å². The number of hydrogen-bond donors (Lipinski definition) is 2. The number of carbonyl (C=O) groups excluding carboxylic acids is 2. The lowest BCUT2D eigenvalue weighted by Crippen LogP contribution is -2.47. The van der Waals surface area contributed by atoms with Gasteiger partial charge < -0.3 is 11.1 Å². The van der Waals surface area contributed by atoms with Gasteiger partial charge in [0.25, 0.3) is 5.91 Å². The Bertz CT molecular complexity index is 742. The third kappa shape index (κ3) is 4.55. The summed E-state index contributed by atoms with van der Waals surface area (Å²) in [6, 6.07) is 6.68. The average molecular weight is 348 g/mol. The minimum absolute atomic E-state index is 0.115. The number of nitrogens with one attached hydrogen (secondary N) is 1. The van der Waals surface area contributed by atoms with Crippen molar-refractivity contribution < 1.29 is 14.0 Å². The van der Waals surface area contributed by atoms with Crippen molar-refractivity contribution in [3.63, 3.8) is 0 Å². The molecule has 0 aliphatic rings. The van der Waals surface area contributed by atoms with E-state index >= 15 is 0 Å². The number of nitrogens with two attached hydrogens (primary N) is 1. The Balaban J connectivity index is 2.25. The van der Waals surface area contributed by atoms with Crippen LogP contribution in [-0.4, -0.2) is 34.3 Å². The molecular formula is C18H25FN4O2. The highest BCUT2D eigenvalue weighted by atomic mass is 19.1. The number of aryl methyl sites for hydroxylation is 1. The molecule has 1 atom stereocenters. The van der Waals surface area contributed by atoms with Gasteiger partial charge in [0.15, 0.2) is 5.69 Å². The van der Waals surface area contributed by atoms with E-state index in [1.165, 1.54) is 0 Å². The van der Waals surface area contributed by atoms with E-state index in [0.29, 0.717) is 13.0 Å². The summed E-state index contributed by atoms with van der Waals surface area (Å²) >= 11 is 0. The van der Waals surface area contributed by atoms with Crippen LogP contribution in [-0.2, 0) is 11.3 Å². The second-order valence-corrected chi connectivity index (χ2v) is 6.44. The monoisotopic (exact) mass is 348 g/mol. The van der Waals surface area contributed by atoms with E-state index in [-0.39, 0.29) is 18.3 Å². The molecule has 6 nitrogen and oxygen atoms in total. The minimum Gasteiger partial charge on any atom is -0.368 e. The van der Waals surface area contributed by atoms with Crippen molar-refractivity contribution in [1.29, 1.82) is 0 Å². The van der Waals surface area contributed by atoms with Crippen molar-refractivity contribution in [3.8, 4) is 0 Å². The van der Waals surface area contributed by atoms with Gasteiger partial charge in [-0.1, -0.05) is 32.0 Å². The Kier molecular flexibility index (Phi) is 6.50. The van der Waals surface area contributed by atoms with E-state index < -0.39 is 17.9 Å². The van der Waals surface area contributed by atoms with Crippen LogP contribution in [0.25, 0.3) is 10.9 Å². The normalized spacial score (nSPS) is 12.5. The van der Waals surface area contributed by atoms with E-state index in [1.54, 1.807) is 4.68 Å². The Morgan fingerprint density at radius 3 is 2.60 bits per heavy atom. The van der Waals surface area contributed by atoms with Gasteiger partial charge in [0.2, 0.25) is 5.91 Å². The molecule has 1 aromatic carbocycles. The summed E-state index contributed by atoms with van der Waals surface area (Å²) in [5.74, 6) is -1.11. The lowest BCUT2D eigenvalue weighted by atomic mass is 10.0. The van der Waals surface area contributed by atoms with Crippen molar-refractivity contribution in [3.05, 3.63) is 30.0 Å². The zero-order valence-corrected chi connectivity index (χ0v) is 14.7. The van der Waals surface area contributed by atoms with Crippen LogP contribution < -0.4 is 11.1 Å². The zero-order valence-electron chi connectivity index (χ0n) is 14.7. The zero-order chi connectivity index (χ0) is 18.4. The Hall–Kier alpha value is -2.44. The van der Waals surface area contributed by atoms with Crippen LogP contribution in [0, 0.1) is 5.92 Å². The van der Waals surface area contributed by atoms with E-state index in [1.807, 2.05) is 38.1 Å². The molecule has 0 fully saturated rings. The van der Waals surface area contributed by atoms with Crippen LogP contribution in [0.1, 0.15) is 43.6 Å². The molecule has 0 saturated carbocycles. The fraction of sp³-hybridized carbons (Fsp3) is 0.500. The number of carbonyl (C=O) groups is 2. The Labute approximate surface area is 146 Å². The highest BCUT2D eigenvalue weighted by Crippen LogP contribution is 2.19. The molecule has 0 aliphatic heterocycles. The van der Waals surface area contributed by atoms with E-state index in [9.17, 15) is 14.0 Å². The first-order valence-electron chi connectivity index (χ1n) is 8.57. The van der Waals surface area contributed by atoms with Gasteiger partial charge in [-0.15, -0.1) is 0 Å². The molecule has 2 rings (SSSR count). The lowest BCUT2D eigenvalue weighted by molar-refractivity contribution is -0.120. The topological polar surface area (TPSA) is 90.0 Å². The van der Waals surface area contributed by atoms with E-state index in [4.69, 9.17) is 5.73 Å². The first-order valence-corrected chi connectivity index (χ1v) is 8.57. The van der Waals surface area contributed by atoms with Crippen molar-refractivity contribution in [2.45, 2.75) is 45.7 Å². The van der Waals surface area contributed by atoms with Crippen molar-refractivity contribution in [2.24, 2.45) is 11.7 Å². The fourth-order valence-corrected chi connectivity index (χ4v) is 2.77. The molecule has 136 valence electrons. The van der Waals surface area contributed by atoms with Gasteiger partial charge in [0.1, 0.15) is 6.04 Å². The van der Waals surface area contributed by atoms with Gasteiger partial charge in [-0.05, 0) is 31.2 Å². The predicted molar refractivity (Wildman–Crippen MR) is 94.8 cm³/mol. The number of alkyl halides is 1. The lowest BCUT2D eigenvalue weighted by Gasteiger charge is -2.18. The van der Waals surface area contributed by atoms with Crippen LogP contribution in [0.15, 0.2) is 24.3 Å². The van der Waals surface area contributed by atoms with Crippen molar-refractivity contribution >= 4 is 22.7 Å². The summed E-state index contributed by atoms with van der Waals surface area (Å²) in [6.45, 7) is 3.92. The molecule has 0 saturated heterocycles. The van der Waals surface area contributed by atoms with Crippen LogP contribution in [0.2, 0.25) is 0 Å². The number of unbranched alkanes of at least 4 members (excludes halogenated alkanes) is 2. The molecule has 0 aliphatic carbocycles. The molecule has 2 amide bonds. The second kappa shape index (κ2) is 8.60. The third-order valence-electron chi connectivity index (χ3n) is 4.14. The predicted octanol–water partition coefficient (Wildman–Crippen LogP) is 2.42. The molecule has 0 radical (unpaired) electrons. The number of halogens is 1. The standard InChI is InChI=1S/C18H25FN4O2/c1-12(2)15(17(20)24)21-18(25)16-13-8-4-5-9-14(13)23(22-16)11-7-3-6-10-19/h4-5,8-9,12,15H,3,6-7,10-11H2,1-2H3,(H2,20,24)(H,21,25)/t15-/m0/s1. The van der Waals surface area contributed by atoms with Crippen molar-refractivity contribution in [1.82, 2.24) is 15.1 Å². The molecule has 0 spiro atoms. The first-order chi connectivity index (χ1) is 12.0. The van der Waals surface area contributed by atoms with E-state index in [0.717, 1.165) is 23.7 Å². The average Bonchev–Trinajstić information content (AvgIpc) is 2.95. The number of nitrogens with zero attached hydrogens (tertiary/aromatic N) is 2. The van der Waals surface area contributed by atoms with Gasteiger partial charge in [-0.3, -0.25) is 18.7 Å². The number of fused-ring (bicyclic) bond motifs is 1. The van der Waals surface area contributed by atoms with E-state index in [2.05, 4.69) is 10.4 Å². The first kappa shape index (κ1) is 18.9. The summed E-state index contributed by atoms with van der Waals surface area (Å²) < 4.78 is 14.0. The molecule has 1 aromatic heterocycles. The SMILES string of the molecule is CC(C)[C@H](NC(=O)c1nn(CCCCCF)c2ccccc12)C(N)=O. The molecule has 0 bridgehead atoms. The molecule has 1 heterocycles. The highest BCUT2D eigenvalue weighted by molar-refractivity contribution is 6.06. The molecule has 25 heavy (non-hydrogen) atoms. The molecule has 0 unspecified atom stereocenters. The maximum atomic E-state index is 12.6. The third-order valence-corrected chi connectivity index (χ3v) is 4.14. The van der Waals surface area contributed by atoms with Gasteiger partial charge in [0.05, 0.1) is 12.2 Å². The number of rotatable bonds is 9. The van der Waals surface area contributed by atoms with Crippen LogP contribution in [0.4, 0.5) is 4.39 Å². The fourth-order valence-electron chi connectivity index (χ4n) is 2.77. The van der Waals surface area contributed by atoms with Crippen molar-refractivity contribution in [2.75, 3.05) is 6.67 Å². The summed E-state index contributed by atoms with van der Waals surface area (Å²) in [5.41, 5.74) is 6.48. The van der Waals surface area contributed by atoms with Gasteiger partial charge in [-0.25, -0.2) is 0 Å². The maximum absolute atomic E-state index is 12.6. The molecule has 7 heteroatoms. The number of benzene rings is 1. The highest BCUT2D eigenvalue weighted by Gasteiger charge is 2.25. The summed E-state index contributed by atoms with van der Waals surface area (Å²) in [7, 11) is 0. The largest absolute Gasteiger partial charge is 0.368 e. The molecular weight excluding hydrogens is 323 g/mol. The summed E-state index contributed by atoms with van der Waals surface area (Å²) in [6.07, 6.45) is 2.08. The second-order valence-electron chi connectivity index (χ2n) is 6.44. The van der Waals surface area contributed by atoms with Crippen LogP contribution in [0.5, 0.6) is 0 Å². The number of aromatic nitrogens is 2. The van der Waals surface area contributed by atoms with Gasteiger partial charge >= 0.3 is 0 Å². The summed E-state index contributed by atoms with van der Waals surface area (Å²) in [5, 5.41) is 7.81. The number of para-hydroxylation sites is 1. The quantitative estimate of drug-likeness (QED) is 0.682. The summed E-state index contributed by atoms with van der Waals surface area (Å²) in [4.78, 5) is 24.2. The number of primary amides is 1. The minimum atomic E-state index is -0.749. The molecule has 2 aromatic rings. The van der Waals surface area contributed by atoms with Gasteiger partial charge in [0, 0.05) is 11.9 Å². The van der Waals surface area contributed by atoms with Gasteiger partial charge in [-0.2, -0.15) is 5.10 Å². The Morgan fingerprint density at radius 2 is 1.96 bits per heavy atom. The van der Waals surface area contributed by atoms with Crippen LogP contribution in [0.3, 0.4) is 0 Å². The Morgan fingerprint density at radius 1 is 1.24 bits per heavy atom. The maximum Gasteiger partial charge on any atom is 0.273 e. The number of hydrogen-bond acceptors (Lipinski definition) is 3. The molecule has 3 N–H and O–H groups in total. The number of amides is 2. The smallest absolute Gasteiger partial charge is 0.273 e.